The zero-order valence-electron chi connectivity index (χ0n) is 10.7. The molecule has 0 saturated heterocycles. The number of hydrogen-bond acceptors (Lipinski definition) is 4. The molecule has 1 atom stereocenters. The molecule has 2 aliphatic heterocycles. The number of aliphatic hydroxyl groups is 1. The second-order valence-corrected chi connectivity index (χ2v) is 5.23. The van der Waals surface area contributed by atoms with Crippen LogP contribution < -0.4 is 10.7 Å². The van der Waals surface area contributed by atoms with E-state index in [4.69, 9.17) is 0 Å². The average Bonchev–Trinajstić information content (AvgIpc) is 2.60. The molecule has 3 rings (SSSR count). The topological polar surface area (TPSA) is 56.7 Å². The molecule has 0 saturated carbocycles. The van der Waals surface area contributed by atoms with Crippen LogP contribution in [0.25, 0.3) is 0 Å². The molecular formula is C14H19N3O. The maximum absolute atomic E-state index is 10.6. The summed E-state index contributed by atoms with van der Waals surface area (Å²) in [7, 11) is 0. The number of nitrogens with zero attached hydrogens (tertiary/aromatic N) is 1. The van der Waals surface area contributed by atoms with Crippen molar-refractivity contribution in [3.8, 4) is 0 Å². The smallest absolute Gasteiger partial charge is 0.182 e. The molecule has 1 aromatic rings. The molecule has 0 fully saturated rings. The number of nitrogens with one attached hydrogen (secondary N) is 2. The minimum Gasteiger partial charge on any atom is -0.365 e. The summed E-state index contributed by atoms with van der Waals surface area (Å²) in [5, 5.41) is 18.1. The van der Waals surface area contributed by atoms with Crippen molar-refractivity contribution in [2.45, 2.75) is 31.9 Å². The van der Waals surface area contributed by atoms with E-state index in [-0.39, 0.29) is 0 Å². The average molecular weight is 245 g/mol. The molecule has 0 bridgehead atoms. The Morgan fingerprint density at radius 1 is 1.22 bits per heavy atom. The highest BCUT2D eigenvalue weighted by Crippen LogP contribution is 2.28. The first kappa shape index (κ1) is 11.7. The fourth-order valence-corrected chi connectivity index (χ4v) is 2.73. The summed E-state index contributed by atoms with van der Waals surface area (Å²) in [5.41, 5.74) is 6.43. The van der Waals surface area contributed by atoms with E-state index in [9.17, 15) is 5.11 Å². The lowest BCUT2D eigenvalue weighted by molar-refractivity contribution is 0.0188. The third kappa shape index (κ3) is 2.02. The number of hydrogen-bond donors (Lipinski definition) is 3. The van der Waals surface area contributed by atoms with Gasteiger partial charge in [-0.2, -0.15) is 5.10 Å². The van der Waals surface area contributed by atoms with Gasteiger partial charge in [0.2, 0.25) is 0 Å². The van der Waals surface area contributed by atoms with E-state index < -0.39 is 5.72 Å². The lowest BCUT2D eigenvalue weighted by Crippen LogP contribution is -2.35. The second kappa shape index (κ2) is 4.37. The molecule has 2 aliphatic rings. The summed E-state index contributed by atoms with van der Waals surface area (Å²) in [4.78, 5) is 0. The number of hydrazone groups is 1. The summed E-state index contributed by atoms with van der Waals surface area (Å²) in [6.45, 7) is 3.98. The largest absolute Gasteiger partial charge is 0.365 e. The maximum atomic E-state index is 10.6. The van der Waals surface area contributed by atoms with Crippen LogP contribution in [0.4, 0.5) is 0 Å². The lowest BCUT2D eigenvalue weighted by atomic mass is 9.93. The van der Waals surface area contributed by atoms with Crippen molar-refractivity contribution in [1.82, 2.24) is 10.7 Å². The zero-order chi connectivity index (χ0) is 12.6. The molecule has 3 N–H and O–H groups in total. The second-order valence-electron chi connectivity index (χ2n) is 5.23. The van der Waals surface area contributed by atoms with E-state index >= 15 is 0 Å². The first-order chi connectivity index (χ1) is 8.67. The Morgan fingerprint density at radius 3 is 2.72 bits per heavy atom. The van der Waals surface area contributed by atoms with E-state index in [2.05, 4.69) is 28.0 Å². The Hall–Kier alpha value is -1.39. The van der Waals surface area contributed by atoms with Crippen LogP contribution in [-0.2, 0) is 18.6 Å². The quantitative estimate of drug-likeness (QED) is 0.688. The first-order valence-electron chi connectivity index (χ1n) is 6.53. The van der Waals surface area contributed by atoms with Gasteiger partial charge >= 0.3 is 0 Å². The van der Waals surface area contributed by atoms with Crippen LogP contribution in [0.2, 0.25) is 0 Å². The number of rotatable bonds is 1. The summed E-state index contributed by atoms with van der Waals surface area (Å²) in [5.74, 6) is 0. The monoisotopic (exact) mass is 245 g/mol. The summed E-state index contributed by atoms with van der Waals surface area (Å²) >= 11 is 0. The van der Waals surface area contributed by atoms with Gasteiger partial charge in [0.25, 0.3) is 0 Å². The Kier molecular flexibility index (Phi) is 2.84. The van der Waals surface area contributed by atoms with Crippen molar-refractivity contribution in [2.24, 2.45) is 5.10 Å². The van der Waals surface area contributed by atoms with Gasteiger partial charge in [0.15, 0.2) is 5.72 Å². The molecule has 4 nitrogen and oxygen atoms in total. The van der Waals surface area contributed by atoms with Gasteiger partial charge in [0, 0.05) is 17.7 Å². The van der Waals surface area contributed by atoms with E-state index in [0.717, 1.165) is 37.2 Å². The third-order valence-corrected chi connectivity index (χ3v) is 3.77. The zero-order valence-corrected chi connectivity index (χ0v) is 10.7. The summed E-state index contributed by atoms with van der Waals surface area (Å²) < 4.78 is 0. The van der Waals surface area contributed by atoms with Gasteiger partial charge in [0.05, 0.1) is 0 Å². The van der Waals surface area contributed by atoms with Gasteiger partial charge < -0.3 is 10.4 Å². The first-order valence-corrected chi connectivity index (χ1v) is 6.53. The molecule has 0 radical (unpaired) electrons. The molecular weight excluding hydrogens is 226 g/mol. The van der Waals surface area contributed by atoms with Crippen LogP contribution in [-0.4, -0.2) is 23.9 Å². The van der Waals surface area contributed by atoms with Gasteiger partial charge in [-0.05, 0) is 44.0 Å². The fraction of sp³-hybridized carbons (Fsp3) is 0.500. The van der Waals surface area contributed by atoms with Crippen LogP contribution >= 0.6 is 0 Å². The molecule has 1 aromatic carbocycles. The van der Waals surface area contributed by atoms with Gasteiger partial charge in [-0.1, -0.05) is 18.2 Å². The molecule has 4 heteroatoms. The Bertz CT molecular complexity index is 498. The van der Waals surface area contributed by atoms with E-state index in [0.29, 0.717) is 6.42 Å². The predicted molar refractivity (Wildman–Crippen MR) is 71.5 cm³/mol. The van der Waals surface area contributed by atoms with Crippen molar-refractivity contribution in [3.63, 3.8) is 0 Å². The minimum atomic E-state index is -1.02. The van der Waals surface area contributed by atoms with Gasteiger partial charge in [-0.25, -0.2) is 0 Å². The fourth-order valence-electron chi connectivity index (χ4n) is 2.73. The van der Waals surface area contributed by atoms with Gasteiger partial charge in [0.1, 0.15) is 0 Å². The molecule has 18 heavy (non-hydrogen) atoms. The van der Waals surface area contributed by atoms with Crippen molar-refractivity contribution >= 4 is 5.71 Å². The van der Waals surface area contributed by atoms with E-state index in [1.54, 1.807) is 0 Å². The molecule has 0 amide bonds. The molecule has 96 valence electrons. The molecule has 0 aromatic heterocycles. The third-order valence-electron chi connectivity index (χ3n) is 3.77. The van der Waals surface area contributed by atoms with Crippen molar-refractivity contribution in [3.05, 3.63) is 34.9 Å². The molecule has 1 unspecified atom stereocenters. The standard InChI is InChI=1S/C14H19N3O/c1-10-9-14(18,17-16-10)13-3-2-11-4-6-15-7-5-12(11)8-13/h2-3,8,15,17-18H,4-7,9H2,1H3. The van der Waals surface area contributed by atoms with Crippen LogP contribution in [0.3, 0.4) is 0 Å². The highest BCUT2D eigenvalue weighted by Gasteiger charge is 2.34. The number of fused-ring (bicyclic) bond motifs is 1. The van der Waals surface area contributed by atoms with Crippen molar-refractivity contribution in [2.75, 3.05) is 13.1 Å². The SMILES string of the molecule is CC1=NNC(O)(c2ccc3c(c2)CCNCC3)C1. The predicted octanol–water partition coefficient (Wildman–Crippen LogP) is 0.889. The maximum Gasteiger partial charge on any atom is 0.182 e. The van der Waals surface area contributed by atoms with Gasteiger partial charge in [-0.15, -0.1) is 0 Å². The molecule has 0 spiro atoms. The van der Waals surface area contributed by atoms with Crippen molar-refractivity contribution in [1.29, 1.82) is 0 Å². The Balaban J connectivity index is 1.92. The van der Waals surface area contributed by atoms with Crippen molar-refractivity contribution < 1.29 is 5.11 Å². The Labute approximate surface area is 107 Å². The van der Waals surface area contributed by atoms with Crippen LogP contribution in [0, 0.1) is 0 Å². The summed E-state index contributed by atoms with van der Waals surface area (Å²) in [6, 6.07) is 6.29. The lowest BCUT2D eigenvalue weighted by Gasteiger charge is -2.23. The van der Waals surface area contributed by atoms with Crippen LogP contribution in [0.1, 0.15) is 30.0 Å². The summed E-state index contributed by atoms with van der Waals surface area (Å²) in [6.07, 6.45) is 2.65. The highest BCUT2D eigenvalue weighted by atomic mass is 16.3. The van der Waals surface area contributed by atoms with E-state index in [1.165, 1.54) is 11.1 Å². The molecule has 0 aliphatic carbocycles. The molecule has 2 heterocycles. The minimum absolute atomic E-state index is 0.560. The Morgan fingerprint density at radius 2 is 2.00 bits per heavy atom. The highest BCUT2D eigenvalue weighted by molar-refractivity contribution is 5.84. The van der Waals surface area contributed by atoms with Crippen LogP contribution in [0.15, 0.2) is 23.3 Å². The van der Waals surface area contributed by atoms with Gasteiger partial charge in [-0.3, -0.25) is 5.43 Å². The van der Waals surface area contributed by atoms with Crippen LogP contribution in [0.5, 0.6) is 0 Å². The van der Waals surface area contributed by atoms with E-state index in [1.807, 2.05) is 13.0 Å². The number of benzene rings is 1. The normalized spacial score (nSPS) is 27.1.